The number of halogens is 1. The van der Waals surface area contributed by atoms with Gasteiger partial charge in [-0.05, 0) is 12.8 Å². The van der Waals surface area contributed by atoms with Crippen LogP contribution in [-0.4, -0.2) is 3.92 Å². The van der Waals surface area contributed by atoms with Gasteiger partial charge in [0.1, 0.15) is 0 Å². The van der Waals surface area contributed by atoms with Crippen molar-refractivity contribution in [3.8, 4) is 0 Å². The lowest BCUT2D eigenvalue weighted by Crippen LogP contribution is -1.81. The number of rotatable bonds is 0. The van der Waals surface area contributed by atoms with Crippen molar-refractivity contribution in [3.05, 3.63) is 0 Å². The molecule has 1 nitrogen and oxygen atoms in total. The molecule has 0 radical (unpaired) electrons. The predicted molar refractivity (Wildman–Crippen MR) is 41.3 cm³/mol. The fourth-order valence-corrected chi connectivity index (χ4v) is 1.76. The molecule has 1 saturated carbocycles. The topological polar surface area (TPSA) is 35.0 Å². The molecule has 0 amide bonds. The van der Waals surface area contributed by atoms with Crippen molar-refractivity contribution in [2.75, 3.05) is 0 Å². The Balaban J connectivity index is 0.000000360. The lowest BCUT2D eigenvalue weighted by Gasteiger charge is -1.88. The van der Waals surface area contributed by atoms with Gasteiger partial charge in [0.15, 0.2) is 0 Å². The molecular weight excluding hydrogens is 201 g/mol. The summed E-state index contributed by atoms with van der Waals surface area (Å²) in [6.45, 7) is 0. The molecule has 0 saturated heterocycles. The van der Waals surface area contributed by atoms with Gasteiger partial charge in [-0.25, -0.2) is 0 Å². The van der Waals surface area contributed by atoms with E-state index in [4.69, 9.17) is 0 Å². The van der Waals surface area contributed by atoms with Crippen LogP contribution in [0.2, 0.25) is 0 Å². The van der Waals surface area contributed by atoms with E-state index >= 15 is 0 Å². The maximum atomic E-state index is 2.53. The molecule has 0 aromatic carbocycles. The highest BCUT2D eigenvalue weighted by Gasteiger charge is 2.09. The van der Waals surface area contributed by atoms with Crippen LogP contribution in [-0.2, 0) is 0 Å². The van der Waals surface area contributed by atoms with E-state index in [9.17, 15) is 0 Å². The number of hydrogen-bond acceptors (Lipinski definition) is 1. The van der Waals surface area contributed by atoms with Gasteiger partial charge in [0, 0.05) is 3.92 Å². The summed E-state index contributed by atoms with van der Waals surface area (Å²) >= 11 is 2.53. The van der Waals surface area contributed by atoms with Crippen LogP contribution in [0.25, 0.3) is 0 Å². The average Bonchev–Trinajstić information content (AvgIpc) is 1.86. The molecule has 0 aliphatic heterocycles. The third kappa shape index (κ3) is 2.49. The van der Waals surface area contributed by atoms with Crippen molar-refractivity contribution in [1.29, 1.82) is 0 Å². The third-order valence-electron chi connectivity index (χ3n) is 1.28. The average molecular weight is 213 g/mol. The summed E-state index contributed by atoms with van der Waals surface area (Å²) in [4.78, 5) is 0. The molecule has 44 valence electrons. The van der Waals surface area contributed by atoms with Crippen LogP contribution in [0, 0.1) is 0 Å². The van der Waals surface area contributed by atoms with Crippen LogP contribution in [0.15, 0.2) is 0 Å². The minimum atomic E-state index is 0. The number of alkyl halides is 1. The Hall–Kier alpha value is 0.690. The van der Waals surface area contributed by atoms with Crippen molar-refractivity contribution in [2.24, 2.45) is 0 Å². The molecule has 1 rings (SSSR count). The van der Waals surface area contributed by atoms with E-state index in [0.717, 1.165) is 3.92 Å². The van der Waals surface area contributed by atoms with Gasteiger partial charge in [-0.1, -0.05) is 35.4 Å². The fourth-order valence-electron chi connectivity index (χ4n) is 0.876. The van der Waals surface area contributed by atoms with Crippen LogP contribution < -0.4 is 6.15 Å². The summed E-state index contributed by atoms with van der Waals surface area (Å²) in [5.41, 5.74) is 0. The molecule has 3 N–H and O–H groups in total. The molecule has 0 aromatic heterocycles. The van der Waals surface area contributed by atoms with Crippen LogP contribution in [0.3, 0.4) is 0 Å². The first-order valence-electron chi connectivity index (χ1n) is 2.53. The van der Waals surface area contributed by atoms with Gasteiger partial charge in [-0.3, -0.25) is 0 Å². The molecular formula is C5H12IN. The maximum absolute atomic E-state index is 2.53. The van der Waals surface area contributed by atoms with Gasteiger partial charge < -0.3 is 6.15 Å². The molecule has 2 heteroatoms. The van der Waals surface area contributed by atoms with E-state index in [1.807, 2.05) is 0 Å². The first kappa shape index (κ1) is 7.69. The zero-order chi connectivity index (χ0) is 4.41. The molecule has 0 unspecified atom stereocenters. The van der Waals surface area contributed by atoms with Crippen molar-refractivity contribution in [1.82, 2.24) is 6.15 Å². The zero-order valence-corrected chi connectivity index (χ0v) is 6.65. The molecule has 1 fully saturated rings. The lowest BCUT2D eigenvalue weighted by molar-refractivity contribution is 0.886. The summed E-state index contributed by atoms with van der Waals surface area (Å²) in [5, 5.41) is 0. The van der Waals surface area contributed by atoms with Crippen LogP contribution in [0.4, 0.5) is 0 Å². The van der Waals surface area contributed by atoms with Crippen molar-refractivity contribution >= 4 is 22.6 Å². The van der Waals surface area contributed by atoms with E-state index in [0.29, 0.717) is 0 Å². The predicted octanol–water partition coefficient (Wildman–Crippen LogP) is 2.53. The van der Waals surface area contributed by atoms with E-state index in [1.165, 1.54) is 25.7 Å². The Morgan fingerprint density at radius 1 is 1.14 bits per heavy atom. The number of hydrogen-bond donors (Lipinski definition) is 1. The van der Waals surface area contributed by atoms with Crippen LogP contribution >= 0.6 is 22.6 Å². The second-order valence-corrected chi connectivity index (χ2v) is 3.64. The summed E-state index contributed by atoms with van der Waals surface area (Å²) in [6, 6.07) is 0. The summed E-state index contributed by atoms with van der Waals surface area (Å²) < 4.78 is 1.02. The third-order valence-corrected chi connectivity index (χ3v) is 2.53. The SMILES string of the molecule is IC1CCCC1.N. The Labute approximate surface area is 58.6 Å². The van der Waals surface area contributed by atoms with Crippen molar-refractivity contribution in [2.45, 2.75) is 29.6 Å². The molecule has 0 spiro atoms. The summed E-state index contributed by atoms with van der Waals surface area (Å²) in [6.07, 6.45) is 5.91. The molecule has 0 bridgehead atoms. The van der Waals surface area contributed by atoms with Gasteiger partial charge in [-0.2, -0.15) is 0 Å². The Bertz CT molecular complexity index is 41.3. The second kappa shape index (κ2) is 3.66. The van der Waals surface area contributed by atoms with E-state index in [2.05, 4.69) is 22.6 Å². The molecule has 1 aliphatic carbocycles. The Morgan fingerprint density at radius 3 is 1.71 bits per heavy atom. The summed E-state index contributed by atoms with van der Waals surface area (Å²) in [7, 11) is 0. The van der Waals surface area contributed by atoms with Gasteiger partial charge in [-0.15, -0.1) is 0 Å². The van der Waals surface area contributed by atoms with Crippen LogP contribution in [0.1, 0.15) is 25.7 Å². The van der Waals surface area contributed by atoms with E-state index in [-0.39, 0.29) is 6.15 Å². The first-order valence-corrected chi connectivity index (χ1v) is 3.78. The monoisotopic (exact) mass is 213 g/mol. The van der Waals surface area contributed by atoms with Crippen molar-refractivity contribution < 1.29 is 0 Å². The van der Waals surface area contributed by atoms with Crippen molar-refractivity contribution in [3.63, 3.8) is 0 Å². The molecule has 7 heavy (non-hydrogen) atoms. The standard InChI is InChI=1S/C5H9I.H3N/c6-5-3-1-2-4-5;/h5H,1-4H2;1H3. The highest BCUT2D eigenvalue weighted by molar-refractivity contribution is 14.1. The minimum Gasteiger partial charge on any atom is -0.344 e. The Morgan fingerprint density at radius 2 is 1.57 bits per heavy atom. The zero-order valence-electron chi connectivity index (χ0n) is 4.49. The minimum absolute atomic E-state index is 0. The fraction of sp³-hybridized carbons (Fsp3) is 1.00. The highest BCUT2D eigenvalue weighted by Crippen LogP contribution is 2.24. The molecule has 0 atom stereocenters. The second-order valence-electron chi connectivity index (χ2n) is 1.88. The van der Waals surface area contributed by atoms with Gasteiger partial charge in [0.05, 0.1) is 0 Å². The first-order chi connectivity index (χ1) is 2.89. The van der Waals surface area contributed by atoms with Gasteiger partial charge in [0.2, 0.25) is 0 Å². The van der Waals surface area contributed by atoms with Gasteiger partial charge in [0.25, 0.3) is 0 Å². The largest absolute Gasteiger partial charge is 0.344 e. The maximum Gasteiger partial charge on any atom is 0.0110 e. The lowest BCUT2D eigenvalue weighted by atomic mass is 10.4. The summed E-state index contributed by atoms with van der Waals surface area (Å²) in [5.74, 6) is 0. The normalized spacial score (nSPS) is 21.9. The quantitative estimate of drug-likeness (QED) is 0.487. The Kier molecular flexibility index (Phi) is 4.02. The van der Waals surface area contributed by atoms with E-state index < -0.39 is 0 Å². The highest BCUT2D eigenvalue weighted by atomic mass is 127. The molecule has 0 heterocycles. The molecule has 0 aromatic rings. The van der Waals surface area contributed by atoms with E-state index in [1.54, 1.807) is 0 Å². The smallest absolute Gasteiger partial charge is 0.0110 e. The van der Waals surface area contributed by atoms with Crippen LogP contribution in [0.5, 0.6) is 0 Å². The van der Waals surface area contributed by atoms with Gasteiger partial charge >= 0.3 is 0 Å². The molecule has 1 aliphatic rings.